The maximum Gasteiger partial charge on any atom is 0.254 e. The number of carbonyl (C=O) groups is 2. The fraction of sp³-hybridized carbons (Fsp3) is 0.444. The van der Waals surface area contributed by atoms with Gasteiger partial charge in [0.25, 0.3) is 5.91 Å². The molecule has 2 N–H and O–H groups in total. The van der Waals surface area contributed by atoms with Crippen LogP contribution < -0.4 is 10.6 Å². The van der Waals surface area contributed by atoms with Crippen LogP contribution in [0.3, 0.4) is 0 Å². The van der Waals surface area contributed by atoms with E-state index in [1.807, 2.05) is 0 Å². The number of carbonyl (C=O) groups excluding carboxylic acids is 2. The minimum atomic E-state index is -0.950. The Labute approximate surface area is 154 Å². The molecular weight excluding hydrogens is 358 g/mol. The van der Waals surface area contributed by atoms with E-state index in [-0.39, 0.29) is 24.4 Å². The lowest BCUT2D eigenvalue weighted by Gasteiger charge is -2.26. The van der Waals surface area contributed by atoms with E-state index < -0.39 is 23.1 Å². The van der Waals surface area contributed by atoms with Crippen molar-refractivity contribution >= 4 is 11.8 Å². The van der Waals surface area contributed by atoms with Crippen molar-refractivity contribution in [1.29, 1.82) is 0 Å². The Morgan fingerprint density at radius 2 is 2.00 bits per heavy atom. The highest BCUT2D eigenvalue weighted by molar-refractivity contribution is 5.94. The van der Waals surface area contributed by atoms with Gasteiger partial charge in [-0.1, -0.05) is 18.0 Å². The summed E-state index contributed by atoms with van der Waals surface area (Å²) >= 11 is 0. The highest BCUT2D eigenvalue weighted by Crippen LogP contribution is 2.37. The average molecular weight is 378 g/mol. The van der Waals surface area contributed by atoms with Crippen LogP contribution in [-0.2, 0) is 10.3 Å². The van der Waals surface area contributed by atoms with E-state index in [0.717, 1.165) is 25.0 Å². The molecule has 0 unspecified atom stereocenters. The predicted octanol–water partition coefficient (Wildman–Crippen LogP) is 2.36. The van der Waals surface area contributed by atoms with Gasteiger partial charge in [0.2, 0.25) is 11.8 Å². The molecule has 1 heterocycles. The van der Waals surface area contributed by atoms with Gasteiger partial charge in [-0.3, -0.25) is 9.59 Å². The summed E-state index contributed by atoms with van der Waals surface area (Å²) in [5.74, 6) is -1.80. The van der Waals surface area contributed by atoms with Crippen molar-refractivity contribution in [2.75, 3.05) is 6.54 Å². The molecule has 0 bridgehead atoms. The monoisotopic (exact) mass is 378 g/mol. The van der Waals surface area contributed by atoms with Gasteiger partial charge in [0, 0.05) is 26.0 Å². The van der Waals surface area contributed by atoms with Gasteiger partial charge < -0.3 is 15.2 Å². The lowest BCUT2D eigenvalue weighted by Crippen LogP contribution is -2.45. The van der Waals surface area contributed by atoms with Crippen molar-refractivity contribution in [2.24, 2.45) is 0 Å². The Balaban J connectivity index is 1.55. The van der Waals surface area contributed by atoms with Crippen molar-refractivity contribution in [3.63, 3.8) is 0 Å². The fourth-order valence-corrected chi connectivity index (χ4v) is 3.26. The Bertz CT molecular complexity index is 847. The van der Waals surface area contributed by atoms with Crippen LogP contribution in [0.5, 0.6) is 0 Å². The highest BCUT2D eigenvalue weighted by Gasteiger charge is 2.41. The molecule has 1 aliphatic rings. The maximum atomic E-state index is 13.6. The molecule has 7 nitrogen and oxygen atoms in total. The summed E-state index contributed by atoms with van der Waals surface area (Å²) in [5, 5.41) is 9.36. The number of rotatable bonds is 6. The van der Waals surface area contributed by atoms with E-state index in [2.05, 4.69) is 20.8 Å². The zero-order valence-electron chi connectivity index (χ0n) is 14.8. The van der Waals surface area contributed by atoms with Gasteiger partial charge in [-0.15, -0.1) is 0 Å². The molecule has 1 aromatic heterocycles. The predicted molar refractivity (Wildman–Crippen MR) is 90.6 cm³/mol. The second kappa shape index (κ2) is 7.81. The lowest BCUT2D eigenvalue weighted by atomic mass is 9.96. The maximum absolute atomic E-state index is 13.6. The van der Waals surface area contributed by atoms with Crippen LogP contribution in [0.1, 0.15) is 54.2 Å². The Kier molecular flexibility index (Phi) is 5.48. The summed E-state index contributed by atoms with van der Waals surface area (Å²) in [7, 11) is 0. The molecule has 1 saturated carbocycles. The summed E-state index contributed by atoms with van der Waals surface area (Å²) in [4.78, 5) is 28.5. The third kappa shape index (κ3) is 4.29. The number of amides is 2. The molecule has 0 aliphatic heterocycles. The first-order valence-corrected chi connectivity index (χ1v) is 8.75. The molecule has 27 heavy (non-hydrogen) atoms. The molecule has 9 heteroatoms. The molecule has 1 aromatic carbocycles. The SMILES string of the molecule is Cc1nc(C2(NC(=O)CCNC(=O)c3ccc(F)cc3F)CCCC2)no1. The van der Waals surface area contributed by atoms with E-state index >= 15 is 0 Å². The summed E-state index contributed by atoms with van der Waals surface area (Å²) < 4.78 is 31.5. The van der Waals surface area contributed by atoms with E-state index in [1.165, 1.54) is 0 Å². The van der Waals surface area contributed by atoms with Gasteiger partial charge in [-0.2, -0.15) is 4.98 Å². The number of nitrogens with zero attached hydrogens (tertiary/aromatic N) is 2. The van der Waals surface area contributed by atoms with Crippen molar-refractivity contribution in [2.45, 2.75) is 44.6 Å². The van der Waals surface area contributed by atoms with Crippen molar-refractivity contribution in [3.8, 4) is 0 Å². The summed E-state index contributed by atoms with van der Waals surface area (Å²) in [6.45, 7) is 1.70. The zero-order valence-corrected chi connectivity index (χ0v) is 14.8. The van der Waals surface area contributed by atoms with Crippen LogP contribution in [0, 0.1) is 18.6 Å². The Morgan fingerprint density at radius 3 is 2.63 bits per heavy atom. The first-order chi connectivity index (χ1) is 12.9. The molecule has 2 aromatic rings. The quantitative estimate of drug-likeness (QED) is 0.804. The van der Waals surface area contributed by atoms with Gasteiger partial charge in [0.15, 0.2) is 5.82 Å². The van der Waals surface area contributed by atoms with Crippen LogP contribution in [0.25, 0.3) is 0 Å². The molecule has 0 atom stereocenters. The van der Waals surface area contributed by atoms with E-state index in [4.69, 9.17) is 4.52 Å². The third-order valence-corrected chi connectivity index (χ3v) is 4.60. The van der Waals surface area contributed by atoms with Crippen LogP contribution in [0.15, 0.2) is 22.7 Å². The minimum Gasteiger partial charge on any atom is -0.351 e. The number of benzene rings is 1. The van der Waals surface area contributed by atoms with Gasteiger partial charge >= 0.3 is 0 Å². The van der Waals surface area contributed by atoms with Crippen LogP contribution in [0.4, 0.5) is 8.78 Å². The summed E-state index contributed by atoms with van der Waals surface area (Å²) in [5.41, 5.74) is -0.923. The van der Waals surface area contributed by atoms with Crippen LogP contribution in [-0.4, -0.2) is 28.5 Å². The third-order valence-electron chi connectivity index (χ3n) is 4.60. The fourth-order valence-electron chi connectivity index (χ4n) is 3.26. The minimum absolute atomic E-state index is 0.00708. The Hall–Kier alpha value is -2.84. The van der Waals surface area contributed by atoms with E-state index in [1.54, 1.807) is 6.92 Å². The number of halogens is 2. The summed E-state index contributed by atoms with van der Waals surface area (Å²) in [6, 6.07) is 2.70. The second-order valence-electron chi connectivity index (χ2n) is 6.60. The van der Waals surface area contributed by atoms with Gasteiger partial charge in [-0.05, 0) is 25.0 Å². The number of hydrogen-bond acceptors (Lipinski definition) is 5. The molecule has 2 amide bonds. The molecular formula is C18H20F2N4O3. The van der Waals surface area contributed by atoms with Crippen molar-refractivity contribution < 1.29 is 22.9 Å². The number of hydrogen-bond donors (Lipinski definition) is 2. The lowest BCUT2D eigenvalue weighted by molar-refractivity contribution is -0.123. The topological polar surface area (TPSA) is 97.1 Å². The van der Waals surface area contributed by atoms with Crippen molar-refractivity contribution in [1.82, 2.24) is 20.8 Å². The first kappa shape index (κ1) is 18.9. The van der Waals surface area contributed by atoms with Crippen LogP contribution >= 0.6 is 0 Å². The smallest absolute Gasteiger partial charge is 0.254 e. The number of nitrogens with one attached hydrogen (secondary N) is 2. The van der Waals surface area contributed by atoms with Gasteiger partial charge in [0.05, 0.1) is 5.56 Å². The normalized spacial score (nSPS) is 15.5. The molecule has 0 saturated heterocycles. The molecule has 0 spiro atoms. The Morgan fingerprint density at radius 1 is 1.26 bits per heavy atom. The molecule has 144 valence electrons. The second-order valence-corrected chi connectivity index (χ2v) is 6.60. The van der Waals surface area contributed by atoms with E-state index in [0.29, 0.717) is 30.6 Å². The summed E-state index contributed by atoms with van der Waals surface area (Å²) in [6.07, 6.45) is 3.31. The van der Waals surface area contributed by atoms with Gasteiger partial charge in [-0.25, -0.2) is 8.78 Å². The number of aryl methyl sites for hydroxylation is 1. The molecule has 1 aliphatic carbocycles. The standard InChI is InChI=1S/C18H20F2N4O3/c1-11-22-17(24-27-11)18(7-2-3-8-18)23-15(25)6-9-21-16(26)13-5-4-12(19)10-14(13)20/h4-5,10H,2-3,6-9H2,1H3,(H,21,26)(H,23,25). The first-order valence-electron chi connectivity index (χ1n) is 8.75. The van der Waals surface area contributed by atoms with Gasteiger partial charge in [0.1, 0.15) is 17.2 Å². The van der Waals surface area contributed by atoms with E-state index in [9.17, 15) is 18.4 Å². The van der Waals surface area contributed by atoms with Crippen LogP contribution in [0.2, 0.25) is 0 Å². The molecule has 0 radical (unpaired) electrons. The number of aromatic nitrogens is 2. The zero-order chi connectivity index (χ0) is 19.4. The highest BCUT2D eigenvalue weighted by atomic mass is 19.1. The largest absolute Gasteiger partial charge is 0.351 e. The van der Waals surface area contributed by atoms with Crippen molar-refractivity contribution in [3.05, 3.63) is 47.1 Å². The average Bonchev–Trinajstić information content (AvgIpc) is 3.24. The molecule has 1 fully saturated rings. The molecule has 3 rings (SSSR count).